The number of nitrogens with one attached hydrogen (secondary N) is 1. The van der Waals surface area contributed by atoms with Crippen molar-refractivity contribution in [1.82, 2.24) is 5.32 Å². The van der Waals surface area contributed by atoms with Crippen LogP contribution in [0.25, 0.3) is 0 Å². The molecule has 0 aromatic carbocycles. The van der Waals surface area contributed by atoms with Crippen LogP contribution in [-0.2, 0) is 0 Å². The molecule has 1 rings (SSSR count). The summed E-state index contributed by atoms with van der Waals surface area (Å²) in [5, 5.41) is 13.5. The quantitative estimate of drug-likeness (QED) is 0.649. The molecule has 90 valence electrons. The third-order valence-electron chi connectivity index (χ3n) is 3.81. The predicted molar refractivity (Wildman–Crippen MR) is 64.9 cm³/mol. The first kappa shape index (κ1) is 13.0. The van der Waals surface area contributed by atoms with Gasteiger partial charge in [0.15, 0.2) is 0 Å². The molecular weight excluding hydrogens is 186 g/mol. The molecule has 1 aliphatic carbocycles. The van der Waals surface area contributed by atoms with Gasteiger partial charge in [0.05, 0.1) is 6.10 Å². The molecule has 0 aromatic rings. The fraction of sp³-hybridized carbons (Fsp3) is 1.00. The SMILES string of the molecule is CCC(CC)C(O)CNC(CC)C1CC1. The number of hydrogen-bond acceptors (Lipinski definition) is 2. The Balaban J connectivity index is 2.21. The second-order valence-electron chi connectivity index (χ2n) is 4.90. The van der Waals surface area contributed by atoms with Crippen LogP contribution in [0.4, 0.5) is 0 Å². The van der Waals surface area contributed by atoms with Crippen molar-refractivity contribution >= 4 is 0 Å². The van der Waals surface area contributed by atoms with E-state index in [0.29, 0.717) is 12.0 Å². The van der Waals surface area contributed by atoms with E-state index in [0.717, 1.165) is 25.3 Å². The lowest BCUT2D eigenvalue weighted by Crippen LogP contribution is -2.39. The van der Waals surface area contributed by atoms with Gasteiger partial charge in [-0.05, 0) is 31.1 Å². The highest BCUT2D eigenvalue weighted by atomic mass is 16.3. The van der Waals surface area contributed by atoms with E-state index in [1.54, 1.807) is 0 Å². The van der Waals surface area contributed by atoms with Crippen LogP contribution < -0.4 is 5.32 Å². The summed E-state index contributed by atoms with van der Waals surface area (Å²) in [4.78, 5) is 0. The Morgan fingerprint density at radius 1 is 1.13 bits per heavy atom. The van der Waals surface area contributed by atoms with Gasteiger partial charge in [-0.1, -0.05) is 33.6 Å². The maximum absolute atomic E-state index is 9.99. The minimum atomic E-state index is -0.159. The lowest BCUT2D eigenvalue weighted by Gasteiger charge is -2.23. The zero-order valence-electron chi connectivity index (χ0n) is 10.5. The van der Waals surface area contributed by atoms with Crippen molar-refractivity contribution in [1.29, 1.82) is 0 Å². The number of aliphatic hydroxyl groups is 1. The van der Waals surface area contributed by atoms with Gasteiger partial charge in [-0.15, -0.1) is 0 Å². The molecule has 0 aromatic heterocycles. The summed E-state index contributed by atoms with van der Waals surface area (Å²) in [7, 11) is 0. The lowest BCUT2D eigenvalue weighted by molar-refractivity contribution is 0.0971. The molecule has 1 fully saturated rings. The summed E-state index contributed by atoms with van der Waals surface area (Å²) >= 11 is 0. The van der Waals surface area contributed by atoms with Crippen LogP contribution in [0.2, 0.25) is 0 Å². The molecule has 0 spiro atoms. The molecule has 2 nitrogen and oxygen atoms in total. The summed E-state index contributed by atoms with van der Waals surface area (Å²) in [5.74, 6) is 1.36. The second-order valence-corrected chi connectivity index (χ2v) is 4.90. The van der Waals surface area contributed by atoms with E-state index in [9.17, 15) is 5.11 Å². The molecule has 2 atom stereocenters. The number of aliphatic hydroxyl groups excluding tert-OH is 1. The van der Waals surface area contributed by atoms with Gasteiger partial charge >= 0.3 is 0 Å². The van der Waals surface area contributed by atoms with Gasteiger partial charge in [0, 0.05) is 12.6 Å². The van der Waals surface area contributed by atoms with Crippen molar-refractivity contribution in [2.75, 3.05) is 6.54 Å². The minimum Gasteiger partial charge on any atom is -0.392 e. The summed E-state index contributed by atoms with van der Waals surface area (Å²) in [6.07, 6.45) is 5.96. The van der Waals surface area contributed by atoms with E-state index < -0.39 is 0 Å². The lowest BCUT2D eigenvalue weighted by atomic mass is 9.96. The summed E-state index contributed by atoms with van der Waals surface area (Å²) in [6.45, 7) is 7.34. The van der Waals surface area contributed by atoms with Gasteiger partial charge in [-0.3, -0.25) is 0 Å². The van der Waals surface area contributed by atoms with Crippen LogP contribution in [0, 0.1) is 11.8 Å². The van der Waals surface area contributed by atoms with Gasteiger partial charge in [-0.2, -0.15) is 0 Å². The van der Waals surface area contributed by atoms with Crippen molar-refractivity contribution < 1.29 is 5.11 Å². The molecule has 0 radical (unpaired) electrons. The van der Waals surface area contributed by atoms with Crippen molar-refractivity contribution in [2.45, 2.75) is 65.0 Å². The molecule has 0 bridgehead atoms. The van der Waals surface area contributed by atoms with E-state index in [2.05, 4.69) is 26.1 Å². The maximum atomic E-state index is 9.99. The Morgan fingerprint density at radius 3 is 2.13 bits per heavy atom. The molecule has 2 unspecified atom stereocenters. The first-order chi connectivity index (χ1) is 7.22. The smallest absolute Gasteiger partial charge is 0.0692 e. The fourth-order valence-electron chi connectivity index (χ4n) is 2.41. The Hall–Kier alpha value is -0.0800. The van der Waals surface area contributed by atoms with Crippen LogP contribution in [0.1, 0.15) is 52.9 Å². The zero-order chi connectivity index (χ0) is 11.3. The second kappa shape index (κ2) is 6.49. The summed E-state index contributed by atoms with van der Waals surface area (Å²) in [5.41, 5.74) is 0. The average Bonchev–Trinajstić information content (AvgIpc) is 3.05. The molecule has 15 heavy (non-hydrogen) atoms. The molecule has 0 saturated heterocycles. The highest BCUT2D eigenvalue weighted by molar-refractivity contribution is 4.86. The molecule has 2 heteroatoms. The molecular formula is C13H27NO. The van der Waals surface area contributed by atoms with E-state index in [4.69, 9.17) is 0 Å². The van der Waals surface area contributed by atoms with Crippen molar-refractivity contribution in [2.24, 2.45) is 11.8 Å². The van der Waals surface area contributed by atoms with Crippen molar-refractivity contribution in [3.05, 3.63) is 0 Å². The van der Waals surface area contributed by atoms with E-state index in [1.807, 2.05) is 0 Å². The van der Waals surface area contributed by atoms with Crippen LogP contribution in [0.5, 0.6) is 0 Å². The molecule has 0 amide bonds. The van der Waals surface area contributed by atoms with Gasteiger partial charge in [0.2, 0.25) is 0 Å². The highest BCUT2D eigenvalue weighted by Gasteiger charge is 2.30. The van der Waals surface area contributed by atoms with Gasteiger partial charge in [0.1, 0.15) is 0 Å². The monoisotopic (exact) mass is 213 g/mol. The zero-order valence-corrected chi connectivity index (χ0v) is 10.5. The molecule has 1 saturated carbocycles. The van der Waals surface area contributed by atoms with E-state index >= 15 is 0 Å². The minimum absolute atomic E-state index is 0.159. The third-order valence-corrected chi connectivity index (χ3v) is 3.81. The highest BCUT2D eigenvalue weighted by Crippen LogP contribution is 2.33. The topological polar surface area (TPSA) is 32.3 Å². The predicted octanol–water partition coefficient (Wildman–Crippen LogP) is 2.56. The van der Waals surface area contributed by atoms with Crippen LogP contribution in [0.3, 0.4) is 0 Å². The first-order valence-corrected chi connectivity index (χ1v) is 6.64. The number of hydrogen-bond donors (Lipinski definition) is 2. The third kappa shape index (κ3) is 4.12. The Bertz CT molecular complexity index is 164. The van der Waals surface area contributed by atoms with Crippen molar-refractivity contribution in [3.63, 3.8) is 0 Å². The van der Waals surface area contributed by atoms with E-state index in [1.165, 1.54) is 19.3 Å². The Labute approximate surface area is 94.5 Å². The maximum Gasteiger partial charge on any atom is 0.0692 e. The largest absolute Gasteiger partial charge is 0.392 e. The van der Waals surface area contributed by atoms with Crippen LogP contribution in [0.15, 0.2) is 0 Å². The number of rotatable bonds is 8. The Morgan fingerprint density at radius 2 is 1.73 bits per heavy atom. The molecule has 2 N–H and O–H groups in total. The first-order valence-electron chi connectivity index (χ1n) is 6.64. The van der Waals surface area contributed by atoms with Gasteiger partial charge in [0.25, 0.3) is 0 Å². The van der Waals surface area contributed by atoms with E-state index in [-0.39, 0.29) is 6.10 Å². The van der Waals surface area contributed by atoms with Gasteiger partial charge in [-0.25, -0.2) is 0 Å². The average molecular weight is 213 g/mol. The normalized spacial score (nSPS) is 20.6. The van der Waals surface area contributed by atoms with Crippen LogP contribution >= 0.6 is 0 Å². The molecule has 1 aliphatic rings. The summed E-state index contributed by atoms with van der Waals surface area (Å²) in [6, 6.07) is 0.647. The fourth-order valence-corrected chi connectivity index (χ4v) is 2.41. The molecule has 0 aliphatic heterocycles. The summed E-state index contributed by atoms with van der Waals surface area (Å²) < 4.78 is 0. The standard InChI is InChI=1S/C13H27NO/c1-4-10(5-2)13(15)9-14-12(6-3)11-7-8-11/h10-15H,4-9H2,1-3H3. The van der Waals surface area contributed by atoms with Crippen molar-refractivity contribution in [3.8, 4) is 0 Å². The molecule has 0 heterocycles. The van der Waals surface area contributed by atoms with Crippen LogP contribution in [-0.4, -0.2) is 23.8 Å². The van der Waals surface area contributed by atoms with Gasteiger partial charge < -0.3 is 10.4 Å². The Kier molecular flexibility index (Phi) is 5.62.